The van der Waals surface area contributed by atoms with Gasteiger partial charge < -0.3 is 14.6 Å². The topological polar surface area (TPSA) is 45.5 Å². The monoisotopic (exact) mass is 400 g/mol. The van der Waals surface area contributed by atoms with Crippen molar-refractivity contribution in [1.29, 1.82) is 0 Å². The lowest BCUT2D eigenvalue weighted by molar-refractivity contribution is 0.0651. The molecular weight excluding hydrogens is 387 g/mol. The molecule has 2 aromatic carbocycles. The smallest absolute Gasteiger partial charge is 0.258 e. The lowest BCUT2D eigenvalue weighted by Gasteiger charge is -2.37. The maximum atomic E-state index is 13.6. The number of nitrogens with zero attached hydrogens (tertiary/aromatic N) is 1. The van der Waals surface area contributed by atoms with Crippen molar-refractivity contribution < 1.29 is 13.6 Å². The van der Waals surface area contributed by atoms with Crippen LogP contribution in [0.4, 0.5) is 10.1 Å². The van der Waals surface area contributed by atoms with E-state index in [1.54, 1.807) is 35.4 Å². The Hall–Kier alpha value is -2.60. The average molecular weight is 401 g/mol. The molecule has 2 heterocycles. The van der Waals surface area contributed by atoms with Crippen LogP contribution in [-0.2, 0) is 6.54 Å². The number of carbonyl (C=O) groups is 1. The zero-order chi connectivity index (χ0) is 17.4. The van der Waals surface area contributed by atoms with Crippen molar-refractivity contribution in [3.05, 3.63) is 88.0 Å². The first kappa shape index (κ1) is 15.9. The first-order valence-corrected chi connectivity index (χ1v) is 8.56. The zero-order valence-corrected chi connectivity index (χ0v) is 14.7. The Labute approximate surface area is 152 Å². The van der Waals surface area contributed by atoms with Gasteiger partial charge in [-0.15, -0.1) is 0 Å². The maximum Gasteiger partial charge on any atom is 0.258 e. The fourth-order valence-electron chi connectivity index (χ4n) is 2.97. The first-order valence-electron chi connectivity index (χ1n) is 7.77. The molecule has 1 atom stereocenters. The van der Waals surface area contributed by atoms with Crippen molar-refractivity contribution in [2.24, 2.45) is 0 Å². The van der Waals surface area contributed by atoms with Gasteiger partial charge in [-0.2, -0.15) is 0 Å². The standard InChI is InChI=1S/C19H14BrFN2O2/c20-15-10-12(7-8-16(15)21)18-22-17-6-2-1-5-14(17)19(24)23(18)11-13-4-3-9-25-13/h1-10,18,22H,11H2/t18-/m1/s1. The predicted molar refractivity (Wildman–Crippen MR) is 95.5 cm³/mol. The minimum absolute atomic E-state index is 0.101. The van der Waals surface area contributed by atoms with E-state index in [-0.39, 0.29) is 11.7 Å². The molecule has 4 rings (SSSR count). The summed E-state index contributed by atoms with van der Waals surface area (Å²) in [6.07, 6.45) is 1.15. The third-order valence-electron chi connectivity index (χ3n) is 4.19. The molecule has 1 N–H and O–H groups in total. The number of amides is 1. The minimum Gasteiger partial charge on any atom is -0.467 e. The van der Waals surface area contributed by atoms with Crippen LogP contribution in [0.1, 0.15) is 27.8 Å². The summed E-state index contributed by atoms with van der Waals surface area (Å²) in [5.41, 5.74) is 2.14. The summed E-state index contributed by atoms with van der Waals surface area (Å²) in [7, 11) is 0. The van der Waals surface area contributed by atoms with Crippen molar-refractivity contribution in [3.8, 4) is 0 Å². The van der Waals surface area contributed by atoms with Crippen LogP contribution in [0.5, 0.6) is 0 Å². The molecule has 0 spiro atoms. The number of rotatable bonds is 3. The van der Waals surface area contributed by atoms with E-state index in [1.165, 1.54) is 6.07 Å². The third kappa shape index (κ3) is 2.93. The summed E-state index contributed by atoms with van der Waals surface area (Å²) >= 11 is 3.22. The van der Waals surface area contributed by atoms with Crippen LogP contribution in [0.3, 0.4) is 0 Å². The van der Waals surface area contributed by atoms with Crippen molar-refractivity contribution in [2.75, 3.05) is 5.32 Å². The minimum atomic E-state index is -0.426. The van der Waals surface area contributed by atoms with Crippen LogP contribution in [0.2, 0.25) is 0 Å². The Bertz CT molecular complexity index is 927. The highest BCUT2D eigenvalue weighted by Gasteiger charge is 2.33. The van der Waals surface area contributed by atoms with Crippen LogP contribution >= 0.6 is 15.9 Å². The summed E-state index contributed by atoms with van der Waals surface area (Å²) in [4.78, 5) is 14.7. The highest BCUT2D eigenvalue weighted by Crippen LogP contribution is 2.35. The number of benzene rings is 2. The Kier molecular flexibility index (Phi) is 4.05. The summed E-state index contributed by atoms with van der Waals surface area (Å²) in [6, 6.07) is 15.7. The molecule has 6 heteroatoms. The van der Waals surface area contributed by atoms with E-state index in [2.05, 4.69) is 21.2 Å². The molecule has 0 saturated carbocycles. The second-order valence-electron chi connectivity index (χ2n) is 5.78. The fraction of sp³-hybridized carbons (Fsp3) is 0.105. The summed E-state index contributed by atoms with van der Waals surface area (Å²) < 4.78 is 19.4. The average Bonchev–Trinajstić information content (AvgIpc) is 3.13. The Morgan fingerprint density at radius 1 is 1.16 bits per heavy atom. The van der Waals surface area contributed by atoms with E-state index in [0.717, 1.165) is 11.3 Å². The van der Waals surface area contributed by atoms with E-state index >= 15 is 0 Å². The molecule has 126 valence electrons. The van der Waals surface area contributed by atoms with Gasteiger partial charge in [0.05, 0.1) is 22.8 Å². The third-order valence-corrected chi connectivity index (χ3v) is 4.80. The van der Waals surface area contributed by atoms with Crippen LogP contribution in [0.25, 0.3) is 0 Å². The number of halogens is 2. The van der Waals surface area contributed by atoms with E-state index in [4.69, 9.17) is 4.42 Å². The number of nitrogens with one attached hydrogen (secondary N) is 1. The predicted octanol–water partition coefficient (Wildman–Crippen LogP) is 4.95. The van der Waals surface area contributed by atoms with Gasteiger partial charge in [-0.25, -0.2) is 4.39 Å². The molecule has 25 heavy (non-hydrogen) atoms. The normalized spacial score (nSPS) is 16.5. The number of fused-ring (bicyclic) bond motifs is 1. The zero-order valence-electron chi connectivity index (χ0n) is 13.1. The van der Waals surface area contributed by atoms with Gasteiger partial charge >= 0.3 is 0 Å². The summed E-state index contributed by atoms with van der Waals surface area (Å²) in [5.74, 6) is 0.237. The molecule has 0 fully saturated rings. The van der Waals surface area contributed by atoms with Crippen molar-refractivity contribution in [1.82, 2.24) is 4.90 Å². The van der Waals surface area contributed by atoms with Crippen molar-refractivity contribution in [3.63, 3.8) is 0 Å². The van der Waals surface area contributed by atoms with Gasteiger partial charge in [0.2, 0.25) is 0 Å². The molecule has 0 radical (unpaired) electrons. The molecule has 0 unspecified atom stereocenters. The van der Waals surface area contributed by atoms with Crippen LogP contribution in [0.15, 0.2) is 69.8 Å². The van der Waals surface area contributed by atoms with Crippen molar-refractivity contribution >= 4 is 27.5 Å². The number of carbonyl (C=O) groups excluding carboxylic acids is 1. The van der Waals surface area contributed by atoms with Gasteiger partial charge in [0.1, 0.15) is 17.7 Å². The molecule has 1 aliphatic heterocycles. The first-order chi connectivity index (χ1) is 12.1. The van der Waals surface area contributed by atoms with Gasteiger partial charge in [-0.3, -0.25) is 4.79 Å². The van der Waals surface area contributed by atoms with E-state index in [9.17, 15) is 9.18 Å². The van der Waals surface area contributed by atoms with Gasteiger partial charge in [0, 0.05) is 5.69 Å². The molecule has 0 aliphatic carbocycles. The largest absolute Gasteiger partial charge is 0.467 e. The number of anilines is 1. The molecule has 1 aromatic heterocycles. The lowest BCUT2D eigenvalue weighted by atomic mass is 10.0. The Morgan fingerprint density at radius 2 is 2.00 bits per heavy atom. The van der Waals surface area contributed by atoms with E-state index in [1.807, 2.05) is 24.3 Å². The van der Waals surface area contributed by atoms with Crippen LogP contribution in [-0.4, -0.2) is 10.8 Å². The highest BCUT2D eigenvalue weighted by atomic mass is 79.9. The SMILES string of the molecule is O=C1c2ccccc2N[C@@H](c2ccc(F)c(Br)c2)N1Cc1ccco1. The fourth-order valence-corrected chi connectivity index (χ4v) is 3.37. The second-order valence-corrected chi connectivity index (χ2v) is 6.63. The van der Waals surface area contributed by atoms with Gasteiger partial charge in [0.15, 0.2) is 0 Å². The number of para-hydroxylation sites is 1. The molecule has 0 saturated heterocycles. The van der Waals surface area contributed by atoms with Gasteiger partial charge in [0.25, 0.3) is 5.91 Å². The molecule has 4 nitrogen and oxygen atoms in total. The quantitative estimate of drug-likeness (QED) is 0.676. The number of hydrogen-bond donors (Lipinski definition) is 1. The van der Waals surface area contributed by atoms with Gasteiger partial charge in [-0.05, 0) is 57.9 Å². The number of hydrogen-bond acceptors (Lipinski definition) is 3. The summed E-state index contributed by atoms with van der Waals surface area (Å²) in [5, 5.41) is 3.37. The highest BCUT2D eigenvalue weighted by molar-refractivity contribution is 9.10. The van der Waals surface area contributed by atoms with Gasteiger partial charge in [-0.1, -0.05) is 18.2 Å². The Morgan fingerprint density at radius 3 is 2.76 bits per heavy atom. The molecule has 1 aliphatic rings. The van der Waals surface area contributed by atoms with Crippen molar-refractivity contribution in [2.45, 2.75) is 12.7 Å². The van der Waals surface area contributed by atoms with Crippen LogP contribution < -0.4 is 5.32 Å². The molecule has 0 bridgehead atoms. The van der Waals surface area contributed by atoms with E-state index < -0.39 is 6.17 Å². The molecular formula is C19H14BrFN2O2. The maximum absolute atomic E-state index is 13.6. The number of furan rings is 1. The second kappa shape index (κ2) is 6.37. The molecule has 1 amide bonds. The van der Waals surface area contributed by atoms with E-state index in [0.29, 0.717) is 22.3 Å². The van der Waals surface area contributed by atoms with Crippen LogP contribution in [0, 0.1) is 5.82 Å². The Balaban J connectivity index is 1.78. The molecule has 3 aromatic rings. The summed E-state index contributed by atoms with van der Waals surface area (Å²) in [6.45, 7) is 0.312. The lowest BCUT2D eigenvalue weighted by Crippen LogP contribution is -2.42.